The van der Waals surface area contributed by atoms with E-state index in [1.54, 1.807) is 47.3 Å². The zero-order valence-electron chi connectivity index (χ0n) is 27.8. The fraction of sp³-hybridized carbons (Fsp3) is 0.189. The lowest BCUT2D eigenvalue weighted by atomic mass is 9.90. The van der Waals surface area contributed by atoms with E-state index in [1.165, 1.54) is 12.1 Å². The number of amides is 4. The zero-order chi connectivity index (χ0) is 36.0. The predicted molar refractivity (Wildman–Crippen MR) is 193 cm³/mol. The van der Waals surface area contributed by atoms with Gasteiger partial charge in [-0.25, -0.2) is 9.48 Å². The molecular weight excluding hydrogens is 648 g/mol. The van der Waals surface area contributed by atoms with Crippen LogP contribution in [-0.2, 0) is 22.7 Å². The first-order valence-electron chi connectivity index (χ1n) is 16.3. The van der Waals surface area contributed by atoms with Crippen molar-refractivity contribution < 1.29 is 19.5 Å². The highest BCUT2D eigenvalue weighted by atomic mass is 16.3. The summed E-state index contributed by atoms with van der Waals surface area (Å²) in [5.41, 5.74) is 16.0. The molecule has 0 saturated carbocycles. The average Bonchev–Trinajstić information content (AvgIpc) is 3.62. The van der Waals surface area contributed by atoms with Gasteiger partial charge in [-0.05, 0) is 65.9 Å². The molecule has 0 aliphatic heterocycles. The van der Waals surface area contributed by atoms with Crippen LogP contribution in [0.25, 0.3) is 5.69 Å². The van der Waals surface area contributed by atoms with Gasteiger partial charge in [-0.2, -0.15) is 0 Å². The van der Waals surface area contributed by atoms with Gasteiger partial charge in [0.2, 0.25) is 11.8 Å². The second-order valence-electron chi connectivity index (χ2n) is 11.7. The van der Waals surface area contributed by atoms with Crippen LogP contribution in [0.5, 0.6) is 5.75 Å². The van der Waals surface area contributed by atoms with E-state index in [0.717, 1.165) is 22.4 Å². The van der Waals surface area contributed by atoms with E-state index in [9.17, 15) is 19.5 Å². The molecular formula is C37H40N10O4. The Labute approximate surface area is 295 Å². The lowest BCUT2D eigenvalue weighted by Gasteiger charge is -2.23. The first-order valence-corrected chi connectivity index (χ1v) is 16.3. The summed E-state index contributed by atoms with van der Waals surface area (Å²) >= 11 is 0. The largest absolute Gasteiger partial charge is 0.508 e. The van der Waals surface area contributed by atoms with Crippen LogP contribution in [0, 0.1) is 0 Å². The standard InChI is InChI=1S/C37H40N10O4/c38-28-15-17-30(18-16-28)47-24-29(45-46-47)23-42-37(51)44-36(39)40-21-7-12-32(34(49)41-22-25-13-19-31(48)20-14-25)43-35(50)33(26-8-3-1-4-9-26)27-10-5-2-6-11-27/h1-6,8-11,13-20,24,32-33,48H,7,12,21-23,38H2,(H,41,49)(H,43,50)(H4,39,40,42,44,51)/t32-/m1/s1. The van der Waals surface area contributed by atoms with Crippen molar-refractivity contribution >= 4 is 29.5 Å². The van der Waals surface area contributed by atoms with Gasteiger partial charge in [-0.3, -0.25) is 19.9 Å². The molecule has 4 aromatic carbocycles. The number of aromatic nitrogens is 3. The van der Waals surface area contributed by atoms with E-state index in [1.807, 2.05) is 60.7 Å². The third-order valence-electron chi connectivity index (χ3n) is 7.87. The summed E-state index contributed by atoms with van der Waals surface area (Å²) in [6, 6.07) is 30.9. The van der Waals surface area contributed by atoms with E-state index in [0.29, 0.717) is 17.8 Å². The van der Waals surface area contributed by atoms with Gasteiger partial charge in [0.1, 0.15) is 17.5 Å². The van der Waals surface area contributed by atoms with Gasteiger partial charge in [-0.15, -0.1) is 5.10 Å². The van der Waals surface area contributed by atoms with Crippen molar-refractivity contribution in [3.63, 3.8) is 0 Å². The molecule has 14 heteroatoms. The summed E-state index contributed by atoms with van der Waals surface area (Å²) < 4.78 is 1.57. The number of aliphatic imine (C=N–C) groups is 1. The fourth-order valence-corrected chi connectivity index (χ4v) is 5.23. The maximum atomic E-state index is 13.8. The van der Waals surface area contributed by atoms with Crippen LogP contribution in [0.1, 0.15) is 41.1 Å². The van der Waals surface area contributed by atoms with E-state index < -0.39 is 18.0 Å². The molecule has 9 N–H and O–H groups in total. The topological polar surface area (TPSA) is 215 Å². The minimum Gasteiger partial charge on any atom is -0.508 e. The van der Waals surface area contributed by atoms with Crippen LogP contribution >= 0.6 is 0 Å². The number of nitrogen functional groups attached to an aromatic ring is 1. The van der Waals surface area contributed by atoms with Crippen molar-refractivity contribution in [1.82, 2.24) is 36.3 Å². The highest BCUT2D eigenvalue weighted by Gasteiger charge is 2.27. The van der Waals surface area contributed by atoms with Crippen LogP contribution in [-0.4, -0.2) is 56.5 Å². The Kier molecular flexibility index (Phi) is 12.3. The van der Waals surface area contributed by atoms with E-state index in [4.69, 9.17) is 11.5 Å². The maximum Gasteiger partial charge on any atom is 0.321 e. The molecule has 0 radical (unpaired) electrons. The Bertz CT molecular complexity index is 1880. The molecule has 0 unspecified atom stereocenters. The molecule has 0 aliphatic rings. The lowest BCUT2D eigenvalue weighted by Crippen LogP contribution is -2.48. The third-order valence-corrected chi connectivity index (χ3v) is 7.87. The fourth-order valence-electron chi connectivity index (χ4n) is 5.23. The Morgan fingerprint density at radius 1 is 0.804 bits per heavy atom. The number of nitrogens with two attached hydrogens (primary N) is 2. The van der Waals surface area contributed by atoms with E-state index >= 15 is 0 Å². The number of benzene rings is 4. The van der Waals surface area contributed by atoms with Crippen molar-refractivity contribution in [3.05, 3.63) is 138 Å². The van der Waals surface area contributed by atoms with Gasteiger partial charge in [0.25, 0.3) is 0 Å². The number of aromatic hydroxyl groups is 1. The number of carbonyl (C=O) groups excluding carboxylic acids is 3. The smallest absolute Gasteiger partial charge is 0.321 e. The van der Waals surface area contributed by atoms with Crippen molar-refractivity contribution in [3.8, 4) is 11.4 Å². The number of phenols is 1. The molecule has 0 spiro atoms. The number of anilines is 1. The number of nitrogens with zero attached hydrogens (tertiary/aromatic N) is 4. The SMILES string of the molecule is NC(=NCCC[C@@H](NC(=O)C(c1ccccc1)c1ccccc1)C(=O)NCc1ccc(O)cc1)NC(=O)NCc1cn(-c2ccc(N)cc2)nn1. The van der Waals surface area contributed by atoms with Crippen LogP contribution < -0.4 is 32.7 Å². The molecule has 14 nitrogen and oxygen atoms in total. The van der Waals surface area contributed by atoms with E-state index in [-0.39, 0.29) is 49.6 Å². The Morgan fingerprint density at radius 3 is 2.10 bits per heavy atom. The van der Waals surface area contributed by atoms with Gasteiger partial charge in [-0.1, -0.05) is 78.0 Å². The lowest BCUT2D eigenvalue weighted by molar-refractivity contribution is -0.129. The minimum absolute atomic E-state index is 0.0989. The first-order chi connectivity index (χ1) is 24.7. The maximum absolute atomic E-state index is 13.8. The third kappa shape index (κ3) is 10.6. The van der Waals surface area contributed by atoms with E-state index in [2.05, 4.69) is 36.6 Å². The van der Waals surface area contributed by atoms with Crippen LogP contribution in [0.4, 0.5) is 10.5 Å². The van der Waals surface area contributed by atoms with Gasteiger partial charge in [0, 0.05) is 18.8 Å². The van der Waals surface area contributed by atoms with Gasteiger partial charge in [0.05, 0.1) is 24.3 Å². The molecule has 0 aliphatic carbocycles. The predicted octanol–water partition coefficient (Wildman–Crippen LogP) is 3.08. The van der Waals surface area contributed by atoms with Crippen molar-refractivity contribution in [2.75, 3.05) is 12.3 Å². The Hall–Kier alpha value is -6.70. The van der Waals surface area contributed by atoms with Crippen LogP contribution in [0.3, 0.4) is 0 Å². The van der Waals surface area contributed by atoms with Gasteiger partial charge < -0.3 is 32.5 Å². The molecule has 1 aromatic heterocycles. The molecule has 5 rings (SSSR count). The summed E-state index contributed by atoms with van der Waals surface area (Å²) in [6.45, 7) is 0.482. The minimum atomic E-state index is -0.890. The van der Waals surface area contributed by atoms with Crippen LogP contribution in [0.2, 0.25) is 0 Å². The molecule has 0 bridgehead atoms. The summed E-state index contributed by atoms with van der Waals surface area (Å²) in [7, 11) is 0. The molecule has 1 atom stereocenters. The van der Waals surface area contributed by atoms with Crippen LogP contribution in [0.15, 0.2) is 120 Å². The number of phenolic OH excluding ortho intramolecular Hbond substituents is 1. The second-order valence-corrected chi connectivity index (χ2v) is 11.7. The molecule has 0 saturated heterocycles. The van der Waals surface area contributed by atoms with Crippen molar-refractivity contribution in [2.24, 2.45) is 10.7 Å². The number of hydrogen-bond donors (Lipinski definition) is 7. The molecule has 262 valence electrons. The van der Waals surface area contributed by atoms with Crippen molar-refractivity contribution in [1.29, 1.82) is 0 Å². The normalized spacial score (nSPS) is 11.8. The number of carbonyl (C=O) groups is 3. The number of hydrogen-bond acceptors (Lipinski definition) is 8. The monoisotopic (exact) mass is 688 g/mol. The van der Waals surface area contributed by atoms with Gasteiger partial charge >= 0.3 is 6.03 Å². The Balaban J connectivity index is 1.17. The molecule has 1 heterocycles. The summed E-state index contributed by atoms with van der Waals surface area (Å²) in [5, 5.41) is 28.7. The first kappa shape index (κ1) is 35.6. The van der Waals surface area contributed by atoms with Crippen molar-refractivity contribution in [2.45, 2.75) is 37.9 Å². The summed E-state index contributed by atoms with van der Waals surface area (Å²) in [6.07, 6.45) is 2.30. The zero-order valence-corrected chi connectivity index (χ0v) is 27.8. The molecule has 4 amide bonds. The quantitative estimate of drug-likeness (QED) is 0.0397. The molecule has 5 aromatic rings. The molecule has 0 fully saturated rings. The summed E-state index contributed by atoms with van der Waals surface area (Å²) in [5.74, 6) is -1.33. The number of urea groups is 1. The number of guanidine groups is 1. The molecule has 51 heavy (non-hydrogen) atoms. The highest BCUT2D eigenvalue weighted by molar-refractivity contribution is 5.95. The second kappa shape index (κ2) is 17.6. The highest BCUT2D eigenvalue weighted by Crippen LogP contribution is 2.25. The summed E-state index contributed by atoms with van der Waals surface area (Å²) in [4.78, 5) is 44.0. The van der Waals surface area contributed by atoms with Gasteiger partial charge in [0.15, 0.2) is 5.96 Å². The number of nitrogens with one attached hydrogen (secondary N) is 4. The average molecular weight is 689 g/mol. The number of rotatable bonds is 14. The Morgan fingerprint density at radius 2 is 1.45 bits per heavy atom.